The standard InChI is InChI=1S/C21H26N4O2/c1-6-27-18-9-7-16(8-10-18)13-24(5)21(26)19-11-17-12-22-25(14(2)3)20(17)23-15(19)4/h7-12,14H,6,13H2,1-5H3. The molecule has 6 heteroatoms. The average Bonchev–Trinajstić information content (AvgIpc) is 3.05. The van der Waals surface area contributed by atoms with E-state index in [0.29, 0.717) is 24.4 Å². The summed E-state index contributed by atoms with van der Waals surface area (Å²) in [6.45, 7) is 9.11. The summed E-state index contributed by atoms with van der Waals surface area (Å²) in [5.41, 5.74) is 3.19. The summed E-state index contributed by atoms with van der Waals surface area (Å²) in [4.78, 5) is 19.3. The molecule has 142 valence electrons. The average molecular weight is 366 g/mol. The third-order valence-corrected chi connectivity index (χ3v) is 4.48. The van der Waals surface area contributed by atoms with Crippen LogP contribution in [0, 0.1) is 6.92 Å². The SMILES string of the molecule is CCOc1ccc(CN(C)C(=O)c2cc3cnn(C(C)C)c3nc2C)cc1. The van der Waals surface area contributed by atoms with Crippen LogP contribution in [0.25, 0.3) is 11.0 Å². The first-order chi connectivity index (χ1) is 12.9. The number of carbonyl (C=O) groups is 1. The highest BCUT2D eigenvalue weighted by atomic mass is 16.5. The van der Waals surface area contributed by atoms with Crippen LogP contribution >= 0.6 is 0 Å². The van der Waals surface area contributed by atoms with Gasteiger partial charge in [-0.1, -0.05) is 12.1 Å². The van der Waals surface area contributed by atoms with Gasteiger partial charge in [0.25, 0.3) is 5.91 Å². The van der Waals surface area contributed by atoms with Gasteiger partial charge in [-0.3, -0.25) is 4.79 Å². The van der Waals surface area contributed by atoms with E-state index in [1.807, 2.05) is 48.9 Å². The Hall–Kier alpha value is -2.89. The number of aromatic nitrogens is 3. The van der Waals surface area contributed by atoms with Crippen molar-refractivity contribution in [1.29, 1.82) is 0 Å². The Bertz CT molecular complexity index is 945. The molecular formula is C21H26N4O2. The third-order valence-electron chi connectivity index (χ3n) is 4.48. The van der Waals surface area contributed by atoms with Crippen molar-refractivity contribution < 1.29 is 9.53 Å². The second-order valence-corrected chi connectivity index (χ2v) is 6.96. The van der Waals surface area contributed by atoms with Crippen molar-refractivity contribution in [1.82, 2.24) is 19.7 Å². The van der Waals surface area contributed by atoms with Gasteiger partial charge in [0.15, 0.2) is 5.65 Å². The quantitative estimate of drug-likeness (QED) is 0.662. The number of amides is 1. The lowest BCUT2D eigenvalue weighted by molar-refractivity contribution is 0.0784. The number of nitrogens with zero attached hydrogens (tertiary/aromatic N) is 4. The van der Waals surface area contributed by atoms with E-state index >= 15 is 0 Å². The molecule has 0 atom stereocenters. The van der Waals surface area contributed by atoms with Gasteiger partial charge in [0, 0.05) is 25.0 Å². The van der Waals surface area contributed by atoms with Crippen LogP contribution in [0.3, 0.4) is 0 Å². The monoisotopic (exact) mass is 366 g/mol. The van der Waals surface area contributed by atoms with Gasteiger partial charge in [-0.25, -0.2) is 9.67 Å². The first kappa shape index (κ1) is 18.9. The molecule has 1 aromatic carbocycles. The zero-order valence-electron chi connectivity index (χ0n) is 16.6. The van der Waals surface area contributed by atoms with Gasteiger partial charge in [0.2, 0.25) is 0 Å². The van der Waals surface area contributed by atoms with Crippen molar-refractivity contribution in [3.05, 3.63) is 53.3 Å². The fourth-order valence-corrected chi connectivity index (χ4v) is 3.07. The van der Waals surface area contributed by atoms with Crippen LogP contribution in [-0.2, 0) is 6.54 Å². The van der Waals surface area contributed by atoms with E-state index in [2.05, 4.69) is 23.9 Å². The Labute approximate surface area is 159 Å². The Balaban J connectivity index is 1.81. The molecule has 0 bridgehead atoms. The van der Waals surface area contributed by atoms with E-state index in [1.165, 1.54) is 0 Å². The van der Waals surface area contributed by atoms with E-state index in [4.69, 9.17) is 4.74 Å². The summed E-state index contributed by atoms with van der Waals surface area (Å²) in [5.74, 6) is 0.788. The van der Waals surface area contributed by atoms with Crippen molar-refractivity contribution in [3.8, 4) is 5.75 Å². The number of pyridine rings is 1. The predicted molar refractivity (Wildman–Crippen MR) is 106 cm³/mol. The van der Waals surface area contributed by atoms with Gasteiger partial charge in [-0.2, -0.15) is 5.10 Å². The van der Waals surface area contributed by atoms with E-state index in [1.54, 1.807) is 18.1 Å². The molecule has 0 saturated carbocycles. The van der Waals surface area contributed by atoms with Crippen LogP contribution in [0.4, 0.5) is 0 Å². The minimum atomic E-state index is -0.0481. The Morgan fingerprint density at radius 3 is 2.59 bits per heavy atom. The third kappa shape index (κ3) is 3.94. The minimum absolute atomic E-state index is 0.0481. The number of benzene rings is 1. The van der Waals surface area contributed by atoms with Crippen molar-refractivity contribution >= 4 is 16.9 Å². The Kier molecular flexibility index (Phi) is 5.44. The summed E-state index contributed by atoms with van der Waals surface area (Å²) < 4.78 is 7.34. The molecule has 0 fully saturated rings. The molecule has 0 aliphatic heterocycles. The highest BCUT2D eigenvalue weighted by Gasteiger charge is 2.18. The van der Waals surface area contributed by atoms with Crippen LogP contribution in [0.15, 0.2) is 36.5 Å². The predicted octanol–water partition coefficient (Wildman–Crippen LogP) is 3.99. The van der Waals surface area contributed by atoms with E-state index in [9.17, 15) is 4.79 Å². The molecule has 2 heterocycles. The minimum Gasteiger partial charge on any atom is -0.494 e. The van der Waals surface area contributed by atoms with E-state index in [-0.39, 0.29) is 11.9 Å². The van der Waals surface area contributed by atoms with E-state index < -0.39 is 0 Å². The largest absolute Gasteiger partial charge is 0.494 e. The molecule has 2 aromatic heterocycles. The summed E-state index contributed by atoms with van der Waals surface area (Å²) in [6, 6.07) is 9.93. The van der Waals surface area contributed by atoms with Gasteiger partial charge in [0.1, 0.15) is 5.75 Å². The number of fused-ring (bicyclic) bond motifs is 1. The highest BCUT2D eigenvalue weighted by Crippen LogP contribution is 2.21. The first-order valence-corrected chi connectivity index (χ1v) is 9.22. The molecule has 0 spiro atoms. The maximum Gasteiger partial charge on any atom is 0.255 e. The summed E-state index contributed by atoms with van der Waals surface area (Å²) in [5, 5.41) is 5.27. The number of rotatable bonds is 6. The van der Waals surface area contributed by atoms with E-state index in [0.717, 1.165) is 22.3 Å². The zero-order valence-corrected chi connectivity index (χ0v) is 16.6. The van der Waals surface area contributed by atoms with Crippen LogP contribution < -0.4 is 4.74 Å². The second-order valence-electron chi connectivity index (χ2n) is 6.96. The number of aryl methyl sites for hydroxylation is 1. The van der Waals surface area contributed by atoms with Crippen molar-refractivity contribution in [3.63, 3.8) is 0 Å². The molecule has 0 aliphatic carbocycles. The van der Waals surface area contributed by atoms with Crippen molar-refractivity contribution in [2.75, 3.05) is 13.7 Å². The topological polar surface area (TPSA) is 60.2 Å². The van der Waals surface area contributed by atoms with Crippen LogP contribution in [0.1, 0.15) is 48.4 Å². The Morgan fingerprint density at radius 1 is 1.26 bits per heavy atom. The maximum atomic E-state index is 13.0. The van der Waals surface area contributed by atoms with Crippen molar-refractivity contribution in [2.45, 2.75) is 40.3 Å². The molecule has 27 heavy (non-hydrogen) atoms. The Morgan fingerprint density at radius 2 is 1.96 bits per heavy atom. The molecule has 1 amide bonds. The smallest absolute Gasteiger partial charge is 0.255 e. The summed E-state index contributed by atoms with van der Waals surface area (Å²) >= 11 is 0. The molecule has 0 N–H and O–H groups in total. The molecule has 3 rings (SSSR count). The van der Waals surface area contributed by atoms with Crippen LogP contribution in [0.5, 0.6) is 5.75 Å². The number of hydrogen-bond acceptors (Lipinski definition) is 4. The molecule has 3 aromatic rings. The van der Waals surface area contributed by atoms with Crippen molar-refractivity contribution in [2.24, 2.45) is 0 Å². The first-order valence-electron chi connectivity index (χ1n) is 9.22. The number of carbonyl (C=O) groups excluding carboxylic acids is 1. The molecule has 6 nitrogen and oxygen atoms in total. The fraction of sp³-hybridized carbons (Fsp3) is 0.381. The second kappa shape index (κ2) is 7.78. The molecular weight excluding hydrogens is 340 g/mol. The molecule has 0 unspecified atom stereocenters. The normalized spacial score (nSPS) is 11.2. The summed E-state index contributed by atoms with van der Waals surface area (Å²) in [7, 11) is 1.81. The van der Waals surface area contributed by atoms with Gasteiger partial charge in [-0.05, 0) is 51.5 Å². The highest BCUT2D eigenvalue weighted by molar-refractivity contribution is 5.98. The lowest BCUT2D eigenvalue weighted by atomic mass is 10.1. The maximum absolute atomic E-state index is 13.0. The fourth-order valence-electron chi connectivity index (χ4n) is 3.07. The molecule has 0 aliphatic rings. The van der Waals surface area contributed by atoms with Crippen LogP contribution in [0.2, 0.25) is 0 Å². The lowest BCUT2D eigenvalue weighted by Crippen LogP contribution is -2.27. The zero-order chi connectivity index (χ0) is 19.6. The van der Waals surface area contributed by atoms with Gasteiger partial charge < -0.3 is 9.64 Å². The lowest BCUT2D eigenvalue weighted by Gasteiger charge is -2.19. The summed E-state index contributed by atoms with van der Waals surface area (Å²) in [6.07, 6.45) is 1.77. The van der Waals surface area contributed by atoms with Gasteiger partial charge in [-0.15, -0.1) is 0 Å². The number of hydrogen-bond donors (Lipinski definition) is 0. The molecule has 0 radical (unpaired) electrons. The van der Waals surface area contributed by atoms with Crippen LogP contribution in [-0.4, -0.2) is 39.2 Å². The van der Waals surface area contributed by atoms with Gasteiger partial charge in [0.05, 0.1) is 24.1 Å². The van der Waals surface area contributed by atoms with Gasteiger partial charge >= 0.3 is 0 Å². The number of ether oxygens (including phenoxy) is 1. The molecule has 0 saturated heterocycles.